The molecule has 0 fully saturated rings. The lowest BCUT2D eigenvalue weighted by atomic mass is 10.2. The molecule has 1 heterocycles. The smallest absolute Gasteiger partial charge is 0.191 e. The highest BCUT2D eigenvalue weighted by Crippen LogP contribution is 2.31. The Kier molecular flexibility index (Phi) is 7.27. The maximum absolute atomic E-state index is 6.29. The van der Waals surface area contributed by atoms with Crippen molar-refractivity contribution < 1.29 is 4.74 Å². The Hall–Kier alpha value is -1.69. The first kappa shape index (κ1) is 21.0. The minimum Gasteiger partial charge on any atom is -0.481 e. The van der Waals surface area contributed by atoms with Gasteiger partial charge >= 0.3 is 0 Å². The molecule has 3 aromatic rings. The molecule has 0 aliphatic rings. The minimum atomic E-state index is -0.277. The molecule has 0 N–H and O–H groups in total. The fourth-order valence-electron chi connectivity index (χ4n) is 2.79. The van der Waals surface area contributed by atoms with E-state index in [9.17, 15) is 0 Å². The average Bonchev–Trinajstić information content (AvgIpc) is 3.05. The van der Waals surface area contributed by atoms with Gasteiger partial charge in [-0.25, -0.2) is 0 Å². The van der Waals surface area contributed by atoms with E-state index in [0.29, 0.717) is 16.7 Å². The molecule has 0 saturated heterocycles. The van der Waals surface area contributed by atoms with Crippen LogP contribution in [0.25, 0.3) is 0 Å². The third kappa shape index (κ3) is 5.22. The van der Waals surface area contributed by atoms with Crippen molar-refractivity contribution in [2.75, 3.05) is 0 Å². The average molecular weight is 436 g/mol. The molecule has 4 nitrogen and oxygen atoms in total. The Balaban J connectivity index is 1.81. The molecule has 0 aliphatic heterocycles. The number of thioether (sulfide) groups is 1. The Morgan fingerprint density at radius 3 is 2.32 bits per heavy atom. The van der Waals surface area contributed by atoms with Crippen molar-refractivity contribution in [2.45, 2.75) is 44.3 Å². The molecular weight excluding hydrogens is 413 g/mol. The fourth-order valence-corrected chi connectivity index (χ4v) is 4.21. The monoisotopic (exact) mass is 435 g/mol. The Morgan fingerprint density at radius 2 is 1.64 bits per heavy atom. The molecule has 0 spiro atoms. The second-order valence-electron chi connectivity index (χ2n) is 6.92. The lowest BCUT2D eigenvalue weighted by Gasteiger charge is -2.18. The summed E-state index contributed by atoms with van der Waals surface area (Å²) in [5.74, 6) is 2.61. The van der Waals surface area contributed by atoms with E-state index in [1.165, 1.54) is 0 Å². The predicted molar refractivity (Wildman–Crippen MR) is 116 cm³/mol. The van der Waals surface area contributed by atoms with Crippen LogP contribution in [0.15, 0.2) is 53.7 Å². The van der Waals surface area contributed by atoms with Gasteiger partial charge in [0, 0.05) is 17.3 Å². The van der Waals surface area contributed by atoms with Crippen LogP contribution in [-0.4, -0.2) is 14.8 Å². The Labute approximate surface area is 180 Å². The molecule has 0 aliphatic carbocycles. The molecule has 0 bridgehead atoms. The lowest BCUT2D eigenvalue weighted by molar-refractivity contribution is 0.207. The van der Waals surface area contributed by atoms with Gasteiger partial charge in [0.15, 0.2) is 17.1 Å². The van der Waals surface area contributed by atoms with Crippen molar-refractivity contribution in [1.29, 1.82) is 0 Å². The van der Waals surface area contributed by atoms with Gasteiger partial charge in [-0.05, 0) is 36.6 Å². The summed E-state index contributed by atoms with van der Waals surface area (Å²) in [7, 11) is 0. The SMILES string of the molecule is CC(C)Cn1c(SCc2ccccc2Cl)nnc1C(C)Oc1ccccc1Cl. The normalized spacial score (nSPS) is 12.4. The molecule has 2 aromatic carbocycles. The molecular formula is C21H23Cl2N3OS. The highest BCUT2D eigenvalue weighted by atomic mass is 35.5. The molecule has 28 heavy (non-hydrogen) atoms. The van der Waals surface area contributed by atoms with E-state index in [2.05, 4.69) is 28.6 Å². The number of hydrogen-bond acceptors (Lipinski definition) is 4. The van der Waals surface area contributed by atoms with Gasteiger partial charge in [-0.1, -0.05) is 79.1 Å². The summed E-state index contributed by atoms with van der Waals surface area (Å²) in [5, 5.41) is 11.0. The summed E-state index contributed by atoms with van der Waals surface area (Å²) in [6, 6.07) is 15.3. The van der Waals surface area contributed by atoms with E-state index in [1.807, 2.05) is 55.5 Å². The van der Waals surface area contributed by atoms with Gasteiger partial charge in [0.05, 0.1) is 5.02 Å². The van der Waals surface area contributed by atoms with Crippen LogP contribution in [0.2, 0.25) is 10.0 Å². The van der Waals surface area contributed by atoms with E-state index in [4.69, 9.17) is 27.9 Å². The summed E-state index contributed by atoms with van der Waals surface area (Å²) in [6.07, 6.45) is -0.277. The van der Waals surface area contributed by atoms with Crippen LogP contribution in [0, 0.1) is 5.92 Å². The largest absolute Gasteiger partial charge is 0.481 e. The van der Waals surface area contributed by atoms with E-state index in [0.717, 1.165) is 33.9 Å². The zero-order valence-electron chi connectivity index (χ0n) is 16.1. The van der Waals surface area contributed by atoms with Crippen molar-refractivity contribution in [1.82, 2.24) is 14.8 Å². The zero-order valence-corrected chi connectivity index (χ0v) is 18.4. The first-order valence-corrected chi connectivity index (χ1v) is 10.9. The quantitative estimate of drug-likeness (QED) is 0.370. The number of nitrogens with zero attached hydrogens (tertiary/aromatic N) is 3. The highest BCUT2D eigenvalue weighted by molar-refractivity contribution is 7.98. The minimum absolute atomic E-state index is 0.277. The predicted octanol–water partition coefficient (Wildman–Crippen LogP) is 6.67. The van der Waals surface area contributed by atoms with E-state index >= 15 is 0 Å². The third-order valence-corrected chi connectivity index (χ3v) is 5.81. The van der Waals surface area contributed by atoms with Gasteiger partial charge in [-0.2, -0.15) is 0 Å². The van der Waals surface area contributed by atoms with Crippen LogP contribution in [-0.2, 0) is 12.3 Å². The Bertz CT molecular complexity index is 930. The van der Waals surface area contributed by atoms with Crippen LogP contribution in [0.3, 0.4) is 0 Å². The van der Waals surface area contributed by atoms with Crippen molar-refractivity contribution in [3.05, 3.63) is 70.0 Å². The van der Waals surface area contributed by atoms with Crippen LogP contribution >= 0.6 is 35.0 Å². The molecule has 0 amide bonds. The topological polar surface area (TPSA) is 39.9 Å². The van der Waals surface area contributed by atoms with E-state index in [1.54, 1.807) is 11.8 Å². The molecule has 0 radical (unpaired) electrons. The highest BCUT2D eigenvalue weighted by Gasteiger charge is 2.21. The molecule has 7 heteroatoms. The van der Waals surface area contributed by atoms with Gasteiger partial charge < -0.3 is 9.30 Å². The molecule has 3 rings (SSSR count). The van der Waals surface area contributed by atoms with Crippen molar-refractivity contribution in [3.63, 3.8) is 0 Å². The zero-order chi connectivity index (χ0) is 20.1. The van der Waals surface area contributed by atoms with Gasteiger partial charge in [0.1, 0.15) is 5.75 Å². The lowest BCUT2D eigenvalue weighted by Crippen LogP contribution is -2.15. The first-order chi connectivity index (χ1) is 13.5. The number of halogens is 2. The molecule has 1 aromatic heterocycles. The van der Waals surface area contributed by atoms with Crippen molar-refractivity contribution in [2.24, 2.45) is 5.92 Å². The van der Waals surface area contributed by atoms with E-state index < -0.39 is 0 Å². The van der Waals surface area contributed by atoms with Gasteiger partial charge in [0.2, 0.25) is 0 Å². The first-order valence-electron chi connectivity index (χ1n) is 9.16. The van der Waals surface area contributed by atoms with Crippen LogP contribution in [0.1, 0.15) is 38.3 Å². The van der Waals surface area contributed by atoms with Gasteiger partial charge in [0.25, 0.3) is 0 Å². The van der Waals surface area contributed by atoms with Crippen LogP contribution in [0.5, 0.6) is 5.75 Å². The summed E-state index contributed by atoms with van der Waals surface area (Å²) in [4.78, 5) is 0. The van der Waals surface area contributed by atoms with Crippen LogP contribution in [0.4, 0.5) is 0 Å². The second-order valence-corrected chi connectivity index (χ2v) is 8.67. The number of aromatic nitrogens is 3. The number of benzene rings is 2. The summed E-state index contributed by atoms with van der Waals surface area (Å²) in [5.41, 5.74) is 1.08. The molecule has 148 valence electrons. The second kappa shape index (κ2) is 9.68. The Morgan fingerprint density at radius 1 is 0.964 bits per heavy atom. The van der Waals surface area contributed by atoms with Crippen molar-refractivity contribution >= 4 is 35.0 Å². The third-order valence-electron chi connectivity index (χ3n) is 4.11. The van der Waals surface area contributed by atoms with Gasteiger partial charge in [-0.3, -0.25) is 0 Å². The van der Waals surface area contributed by atoms with Crippen LogP contribution < -0.4 is 4.74 Å². The number of para-hydroxylation sites is 1. The summed E-state index contributed by atoms with van der Waals surface area (Å²) >= 11 is 14.1. The summed E-state index contributed by atoms with van der Waals surface area (Å²) in [6.45, 7) is 7.12. The molecule has 1 atom stereocenters. The standard InChI is InChI=1S/C21H23Cl2N3OS/c1-14(2)12-26-20(15(3)27-19-11-7-6-10-18(19)23)24-25-21(26)28-13-16-8-4-5-9-17(16)22/h4-11,14-15H,12-13H2,1-3H3. The number of rotatable bonds is 8. The van der Waals surface area contributed by atoms with Crippen molar-refractivity contribution in [3.8, 4) is 5.75 Å². The maximum atomic E-state index is 6.29. The molecule has 1 unspecified atom stereocenters. The van der Waals surface area contributed by atoms with Gasteiger partial charge in [-0.15, -0.1) is 10.2 Å². The summed E-state index contributed by atoms with van der Waals surface area (Å²) < 4.78 is 8.20. The number of ether oxygens (including phenoxy) is 1. The fraction of sp³-hybridized carbons (Fsp3) is 0.333. The number of hydrogen-bond donors (Lipinski definition) is 0. The molecule has 0 saturated carbocycles. The maximum Gasteiger partial charge on any atom is 0.191 e. The van der Waals surface area contributed by atoms with E-state index in [-0.39, 0.29) is 6.10 Å².